The highest BCUT2D eigenvalue weighted by Gasteiger charge is 2.23. The van der Waals surface area contributed by atoms with Gasteiger partial charge in [-0.2, -0.15) is 0 Å². The summed E-state index contributed by atoms with van der Waals surface area (Å²) in [7, 11) is 0. The van der Waals surface area contributed by atoms with E-state index in [1.807, 2.05) is 12.1 Å². The third-order valence-electron chi connectivity index (χ3n) is 3.92. The van der Waals surface area contributed by atoms with Crippen molar-refractivity contribution in [1.82, 2.24) is 9.88 Å². The largest absolute Gasteiger partial charge is 0.339 e. The van der Waals surface area contributed by atoms with Crippen molar-refractivity contribution in [2.75, 3.05) is 12.3 Å². The van der Waals surface area contributed by atoms with Crippen molar-refractivity contribution in [3.63, 3.8) is 0 Å². The van der Waals surface area contributed by atoms with Crippen LogP contribution in [0.25, 0.3) is 0 Å². The molecule has 0 aliphatic heterocycles. The molecule has 110 valence electrons. The van der Waals surface area contributed by atoms with Crippen LogP contribution in [0.3, 0.4) is 0 Å². The molecule has 1 aliphatic carbocycles. The van der Waals surface area contributed by atoms with E-state index in [0.29, 0.717) is 17.7 Å². The van der Waals surface area contributed by atoms with E-state index in [2.05, 4.69) is 16.8 Å². The van der Waals surface area contributed by atoms with Gasteiger partial charge in [0.1, 0.15) is 0 Å². The van der Waals surface area contributed by atoms with Gasteiger partial charge in [0.15, 0.2) is 0 Å². The third kappa shape index (κ3) is 4.51. The smallest absolute Gasteiger partial charge is 0.232 e. The minimum Gasteiger partial charge on any atom is -0.339 e. The molecule has 1 fully saturated rings. The molecule has 0 spiro atoms. The van der Waals surface area contributed by atoms with Gasteiger partial charge in [-0.3, -0.25) is 9.78 Å². The maximum absolute atomic E-state index is 12.4. The fraction of sp³-hybridized carbons (Fsp3) is 0.625. The summed E-state index contributed by atoms with van der Waals surface area (Å²) in [4.78, 5) is 18.5. The second-order valence-electron chi connectivity index (χ2n) is 5.32. The Labute approximate surface area is 126 Å². The summed E-state index contributed by atoms with van der Waals surface area (Å²) in [5, 5.41) is 0. The molecule has 3 nitrogen and oxygen atoms in total. The molecule has 1 saturated carbocycles. The van der Waals surface area contributed by atoms with Crippen molar-refractivity contribution in [2.45, 2.75) is 50.8 Å². The van der Waals surface area contributed by atoms with Gasteiger partial charge in [0.05, 0.1) is 5.75 Å². The summed E-state index contributed by atoms with van der Waals surface area (Å²) < 4.78 is 0. The zero-order valence-electron chi connectivity index (χ0n) is 12.3. The van der Waals surface area contributed by atoms with Gasteiger partial charge in [-0.1, -0.05) is 19.3 Å². The number of carbonyl (C=O) groups excluding carboxylic acids is 1. The molecule has 1 heterocycles. The minimum atomic E-state index is 0.304. The van der Waals surface area contributed by atoms with Crippen molar-refractivity contribution >= 4 is 17.7 Å². The summed E-state index contributed by atoms with van der Waals surface area (Å²) in [5.41, 5.74) is 1.23. The molecule has 0 N–H and O–H groups in total. The fourth-order valence-electron chi connectivity index (χ4n) is 2.85. The first-order chi connectivity index (χ1) is 9.81. The predicted octanol–water partition coefficient (Wildman–Crippen LogP) is 3.50. The van der Waals surface area contributed by atoms with Gasteiger partial charge in [0.25, 0.3) is 0 Å². The number of amides is 1. The molecule has 1 aromatic heterocycles. The first kappa shape index (κ1) is 15.4. The standard InChI is InChI=1S/C16H24N2OS/c1-2-18(15-6-4-3-5-7-15)16(19)13-20-12-14-8-10-17-11-9-14/h8-11,15H,2-7,12-13H2,1H3. The monoisotopic (exact) mass is 292 g/mol. The Balaban J connectivity index is 1.77. The first-order valence-corrected chi connectivity index (χ1v) is 8.73. The highest BCUT2D eigenvalue weighted by Crippen LogP contribution is 2.23. The summed E-state index contributed by atoms with van der Waals surface area (Å²) in [5.74, 6) is 1.78. The number of hydrogen-bond donors (Lipinski definition) is 0. The van der Waals surface area contributed by atoms with Crippen LogP contribution in [-0.2, 0) is 10.5 Å². The number of hydrogen-bond acceptors (Lipinski definition) is 3. The van der Waals surface area contributed by atoms with Crippen LogP contribution in [0.2, 0.25) is 0 Å². The number of nitrogens with zero attached hydrogens (tertiary/aromatic N) is 2. The molecule has 0 radical (unpaired) electrons. The second kappa shape index (κ2) is 8.30. The van der Waals surface area contributed by atoms with E-state index in [0.717, 1.165) is 12.3 Å². The van der Waals surface area contributed by atoms with E-state index >= 15 is 0 Å². The Hall–Kier alpha value is -1.03. The van der Waals surface area contributed by atoms with Crippen molar-refractivity contribution in [2.24, 2.45) is 0 Å². The van der Waals surface area contributed by atoms with Crippen LogP contribution in [0, 0.1) is 0 Å². The van der Waals surface area contributed by atoms with Gasteiger partial charge >= 0.3 is 0 Å². The van der Waals surface area contributed by atoms with Gasteiger partial charge in [-0.15, -0.1) is 11.8 Å². The van der Waals surface area contributed by atoms with E-state index in [4.69, 9.17) is 0 Å². The average molecular weight is 292 g/mol. The van der Waals surface area contributed by atoms with Crippen LogP contribution in [0.1, 0.15) is 44.6 Å². The summed E-state index contributed by atoms with van der Waals surface area (Å²) >= 11 is 1.70. The molecule has 2 rings (SSSR count). The summed E-state index contributed by atoms with van der Waals surface area (Å²) in [6, 6.07) is 4.51. The minimum absolute atomic E-state index is 0.304. The van der Waals surface area contributed by atoms with Crippen LogP contribution in [0.15, 0.2) is 24.5 Å². The van der Waals surface area contributed by atoms with Crippen LogP contribution in [-0.4, -0.2) is 34.1 Å². The van der Waals surface area contributed by atoms with Crippen molar-refractivity contribution < 1.29 is 4.79 Å². The Bertz CT molecular complexity index is 404. The topological polar surface area (TPSA) is 33.2 Å². The zero-order chi connectivity index (χ0) is 14.2. The molecule has 0 atom stereocenters. The lowest BCUT2D eigenvalue weighted by Gasteiger charge is -2.33. The van der Waals surface area contributed by atoms with Gasteiger partial charge < -0.3 is 4.90 Å². The summed E-state index contributed by atoms with van der Waals surface area (Å²) in [6.07, 6.45) is 9.87. The fourth-order valence-corrected chi connectivity index (χ4v) is 3.72. The Morgan fingerprint density at radius 2 is 2.00 bits per heavy atom. The van der Waals surface area contributed by atoms with Crippen molar-refractivity contribution in [3.8, 4) is 0 Å². The number of aromatic nitrogens is 1. The second-order valence-corrected chi connectivity index (χ2v) is 6.31. The molecule has 1 amide bonds. The Morgan fingerprint density at radius 3 is 2.65 bits per heavy atom. The van der Waals surface area contributed by atoms with Gasteiger partial charge in [0, 0.05) is 30.7 Å². The van der Waals surface area contributed by atoms with Crippen molar-refractivity contribution in [1.29, 1.82) is 0 Å². The van der Waals surface area contributed by atoms with E-state index in [9.17, 15) is 4.79 Å². The van der Waals surface area contributed by atoms with Gasteiger partial charge in [0.2, 0.25) is 5.91 Å². The molecular weight excluding hydrogens is 268 g/mol. The van der Waals surface area contributed by atoms with Crippen LogP contribution < -0.4 is 0 Å². The third-order valence-corrected chi connectivity index (χ3v) is 4.91. The molecule has 0 unspecified atom stereocenters. The number of carbonyl (C=O) groups is 1. The SMILES string of the molecule is CCN(C(=O)CSCc1ccncc1)C1CCCCC1. The number of thioether (sulfide) groups is 1. The molecule has 0 bridgehead atoms. The predicted molar refractivity (Wildman–Crippen MR) is 84.7 cm³/mol. The van der Waals surface area contributed by atoms with Gasteiger partial charge in [-0.05, 0) is 37.5 Å². The Kier molecular flexibility index (Phi) is 6.37. The van der Waals surface area contributed by atoms with E-state index in [1.54, 1.807) is 24.2 Å². The number of pyridine rings is 1. The lowest BCUT2D eigenvalue weighted by Crippen LogP contribution is -2.42. The molecule has 4 heteroatoms. The highest BCUT2D eigenvalue weighted by molar-refractivity contribution is 7.99. The molecule has 20 heavy (non-hydrogen) atoms. The zero-order valence-corrected chi connectivity index (χ0v) is 13.1. The lowest BCUT2D eigenvalue weighted by atomic mass is 9.94. The Morgan fingerprint density at radius 1 is 1.30 bits per heavy atom. The molecular formula is C16H24N2OS. The van der Waals surface area contributed by atoms with Gasteiger partial charge in [-0.25, -0.2) is 0 Å². The average Bonchev–Trinajstić information content (AvgIpc) is 2.50. The molecule has 0 aromatic carbocycles. The van der Waals surface area contributed by atoms with Crippen molar-refractivity contribution in [3.05, 3.63) is 30.1 Å². The molecule has 1 aromatic rings. The maximum atomic E-state index is 12.4. The quantitative estimate of drug-likeness (QED) is 0.804. The molecule has 1 aliphatic rings. The normalized spacial score (nSPS) is 16.1. The molecule has 0 saturated heterocycles. The van der Waals surface area contributed by atoms with E-state index < -0.39 is 0 Å². The van der Waals surface area contributed by atoms with E-state index in [1.165, 1.54) is 37.7 Å². The van der Waals surface area contributed by atoms with E-state index in [-0.39, 0.29) is 0 Å². The van der Waals surface area contributed by atoms with Crippen LogP contribution in [0.5, 0.6) is 0 Å². The van der Waals surface area contributed by atoms with Crippen LogP contribution >= 0.6 is 11.8 Å². The highest BCUT2D eigenvalue weighted by atomic mass is 32.2. The lowest BCUT2D eigenvalue weighted by molar-refractivity contribution is -0.131. The van der Waals surface area contributed by atoms with Crippen LogP contribution in [0.4, 0.5) is 0 Å². The first-order valence-electron chi connectivity index (χ1n) is 7.57. The summed E-state index contributed by atoms with van der Waals surface area (Å²) in [6.45, 7) is 2.94. The maximum Gasteiger partial charge on any atom is 0.232 e. The number of rotatable bonds is 6.